The fourth-order valence-electron chi connectivity index (χ4n) is 1.48. The Labute approximate surface area is 96.3 Å². The Kier molecular flexibility index (Phi) is 6.55. The average Bonchev–Trinajstić information content (AvgIpc) is 2.77. The molecule has 0 aliphatic carbocycles. The summed E-state index contributed by atoms with van der Waals surface area (Å²) in [6, 6.07) is 0.437. The molecule has 15 heavy (non-hydrogen) atoms. The van der Waals surface area contributed by atoms with Gasteiger partial charge in [0.2, 0.25) is 0 Å². The molecule has 0 radical (unpaired) electrons. The second kappa shape index (κ2) is 7.79. The number of rotatable bonds is 8. The van der Waals surface area contributed by atoms with Crippen LogP contribution in [0.3, 0.4) is 0 Å². The standard InChI is InChI=1S/C11H21N3S/c1-3-10(11-14-8-9-15-11)13-7-5-6-12-4-2/h8-10,12-13H,3-7H2,1-2H3. The van der Waals surface area contributed by atoms with E-state index in [-0.39, 0.29) is 0 Å². The van der Waals surface area contributed by atoms with Crippen molar-refractivity contribution in [2.75, 3.05) is 19.6 Å². The van der Waals surface area contributed by atoms with Crippen molar-refractivity contribution in [3.05, 3.63) is 16.6 Å². The third-order valence-corrected chi connectivity index (χ3v) is 3.22. The van der Waals surface area contributed by atoms with Crippen LogP contribution >= 0.6 is 11.3 Å². The molecule has 1 atom stereocenters. The second-order valence-corrected chi connectivity index (χ2v) is 4.42. The third kappa shape index (κ3) is 4.73. The highest BCUT2D eigenvalue weighted by Gasteiger charge is 2.09. The summed E-state index contributed by atoms with van der Waals surface area (Å²) in [5.74, 6) is 0. The fourth-order valence-corrected chi connectivity index (χ4v) is 2.28. The van der Waals surface area contributed by atoms with Crippen LogP contribution in [0.15, 0.2) is 11.6 Å². The molecule has 1 rings (SSSR count). The van der Waals surface area contributed by atoms with Gasteiger partial charge in [-0.15, -0.1) is 11.3 Å². The minimum Gasteiger partial charge on any atom is -0.317 e. The van der Waals surface area contributed by atoms with Gasteiger partial charge in [0.25, 0.3) is 0 Å². The first kappa shape index (κ1) is 12.6. The molecular weight excluding hydrogens is 206 g/mol. The molecule has 86 valence electrons. The van der Waals surface area contributed by atoms with E-state index in [1.54, 1.807) is 11.3 Å². The first-order chi connectivity index (χ1) is 7.38. The van der Waals surface area contributed by atoms with Crippen LogP contribution in [-0.2, 0) is 0 Å². The molecule has 1 unspecified atom stereocenters. The number of hydrogen-bond donors (Lipinski definition) is 2. The molecule has 4 heteroatoms. The van der Waals surface area contributed by atoms with E-state index in [0.29, 0.717) is 6.04 Å². The molecule has 0 aliphatic heterocycles. The van der Waals surface area contributed by atoms with Gasteiger partial charge in [0.15, 0.2) is 0 Å². The largest absolute Gasteiger partial charge is 0.317 e. The van der Waals surface area contributed by atoms with Crippen molar-refractivity contribution in [2.24, 2.45) is 0 Å². The average molecular weight is 227 g/mol. The molecule has 0 amide bonds. The van der Waals surface area contributed by atoms with Crippen molar-refractivity contribution in [1.82, 2.24) is 15.6 Å². The monoisotopic (exact) mass is 227 g/mol. The topological polar surface area (TPSA) is 37.0 Å². The summed E-state index contributed by atoms with van der Waals surface area (Å²) in [5, 5.41) is 10.1. The first-order valence-corrected chi connectivity index (χ1v) is 6.60. The maximum Gasteiger partial charge on any atom is 0.109 e. The molecule has 1 heterocycles. The summed E-state index contributed by atoms with van der Waals surface area (Å²) in [5.41, 5.74) is 0. The molecule has 1 aromatic rings. The summed E-state index contributed by atoms with van der Waals surface area (Å²) in [4.78, 5) is 4.34. The predicted molar refractivity (Wildman–Crippen MR) is 66.3 cm³/mol. The number of aromatic nitrogens is 1. The Morgan fingerprint density at radius 2 is 2.27 bits per heavy atom. The molecule has 0 bridgehead atoms. The summed E-state index contributed by atoms with van der Waals surface area (Å²) < 4.78 is 0. The normalized spacial score (nSPS) is 12.9. The molecule has 1 aromatic heterocycles. The lowest BCUT2D eigenvalue weighted by atomic mass is 10.2. The van der Waals surface area contributed by atoms with Crippen molar-refractivity contribution in [3.8, 4) is 0 Å². The van der Waals surface area contributed by atoms with Gasteiger partial charge in [-0.25, -0.2) is 4.98 Å². The maximum atomic E-state index is 4.34. The molecule has 0 aromatic carbocycles. The quantitative estimate of drug-likeness (QED) is 0.668. The zero-order chi connectivity index (χ0) is 10.9. The Hall–Kier alpha value is -0.450. The third-order valence-electron chi connectivity index (χ3n) is 2.33. The van der Waals surface area contributed by atoms with Crippen LogP contribution in [0.2, 0.25) is 0 Å². The highest BCUT2D eigenvalue weighted by atomic mass is 32.1. The predicted octanol–water partition coefficient (Wildman–Crippen LogP) is 2.18. The van der Waals surface area contributed by atoms with E-state index < -0.39 is 0 Å². The van der Waals surface area contributed by atoms with E-state index in [1.165, 1.54) is 11.4 Å². The highest BCUT2D eigenvalue weighted by Crippen LogP contribution is 2.18. The first-order valence-electron chi connectivity index (χ1n) is 5.72. The molecule has 0 fully saturated rings. The van der Waals surface area contributed by atoms with Crippen LogP contribution in [0.1, 0.15) is 37.7 Å². The summed E-state index contributed by atoms with van der Waals surface area (Å²) in [7, 11) is 0. The van der Waals surface area contributed by atoms with E-state index in [0.717, 1.165) is 26.1 Å². The van der Waals surface area contributed by atoms with Crippen molar-refractivity contribution in [3.63, 3.8) is 0 Å². The molecule has 0 saturated heterocycles. The van der Waals surface area contributed by atoms with Crippen LogP contribution in [0.5, 0.6) is 0 Å². The fraction of sp³-hybridized carbons (Fsp3) is 0.727. The van der Waals surface area contributed by atoms with Crippen LogP contribution in [0.25, 0.3) is 0 Å². The van der Waals surface area contributed by atoms with Crippen molar-refractivity contribution < 1.29 is 0 Å². The van der Waals surface area contributed by atoms with E-state index in [1.807, 2.05) is 11.6 Å². The van der Waals surface area contributed by atoms with Crippen molar-refractivity contribution in [1.29, 1.82) is 0 Å². The lowest BCUT2D eigenvalue weighted by molar-refractivity contribution is 0.500. The Morgan fingerprint density at radius 1 is 1.40 bits per heavy atom. The Morgan fingerprint density at radius 3 is 2.87 bits per heavy atom. The van der Waals surface area contributed by atoms with Crippen molar-refractivity contribution in [2.45, 2.75) is 32.7 Å². The highest BCUT2D eigenvalue weighted by molar-refractivity contribution is 7.09. The van der Waals surface area contributed by atoms with E-state index in [2.05, 4.69) is 29.5 Å². The zero-order valence-electron chi connectivity index (χ0n) is 9.62. The van der Waals surface area contributed by atoms with Crippen LogP contribution in [-0.4, -0.2) is 24.6 Å². The summed E-state index contributed by atoms with van der Waals surface area (Å²) in [6.45, 7) is 7.55. The van der Waals surface area contributed by atoms with Gasteiger partial charge < -0.3 is 10.6 Å². The van der Waals surface area contributed by atoms with Crippen LogP contribution < -0.4 is 10.6 Å². The number of nitrogens with zero attached hydrogens (tertiary/aromatic N) is 1. The van der Waals surface area contributed by atoms with Gasteiger partial charge >= 0.3 is 0 Å². The van der Waals surface area contributed by atoms with Gasteiger partial charge in [-0.2, -0.15) is 0 Å². The van der Waals surface area contributed by atoms with Gasteiger partial charge in [-0.1, -0.05) is 13.8 Å². The van der Waals surface area contributed by atoms with Gasteiger partial charge in [-0.3, -0.25) is 0 Å². The lowest BCUT2D eigenvalue weighted by Crippen LogP contribution is -2.25. The summed E-state index contributed by atoms with van der Waals surface area (Å²) >= 11 is 1.73. The van der Waals surface area contributed by atoms with Gasteiger partial charge in [0, 0.05) is 11.6 Å². The Bertz CT molecular complexity index is 236. The number of hydrogen-bond acceptors (Lipinski definition) is 4. The number of nitrogens with one attached hydrogen (secondary N) is 2. The molecule has 2 N–H and O–H groups in total. The molecular formula is C11H21N3S. The van der Waals surface area contributed by atoms with Gasteiger partial charge in [-0.05, 0) is 32.5 Å². The van der Waals surface area contributed by atoms with E-state index in [4.69, 9.17) is 0 Å². The minimum atomic E-state index is 0.437. The molecule has 0 spiro atoms. The molecule has 3 nitrogen and oxygen atoms in total. The SMILES string of the molecule is CCNCCCNC(CC)c1nccs1. The smallest absolute Gasteiger partial charge is 0.109 e. The van der Waals surface area contributed by atoms with Gasteiger partial charge in [0.05, 0.1) is 6.04 Å². The van der Waals surface area contributed by atoms with Gasteiger partial charge in [0.1, 0.15) is 5.01 Å². The molecule has 0 aliphatic rings. The maximum absolute atomic E-state index is 4.34. The van der Waals surface area contributed by atoms with E-state index >= 15 is 0 Å². The lowest BCUT2D eigenvalue weighted by Gasteiger charge is -2.14. The zero-order valence-corrected chi connectivity index (χ0v) is 10.4. The van der Waals surface area contributed by atoms with E-state index in [9.17, 15) is 0 Å². The minimum absolute atomic E-state index is 0.437. The Balaban J connectivity index is 2.18. The van der Waals surface area contributed by atoms with Crippen LogP contribution in [0, 0.1) is 0 Å². The van der Waals surface area contributed by atoms with Crippen molar-refractivity contribution >= 4 is 11.3 Å². The van der Waals surface area contributed by atoms with Crippen LogP contribution in [0.4, 0.5) is 0 Å². The molecule has 0 saturated carbocycles. The number of thiazole rings is 1. The summed E-state index contributed by atoms with van der Waals surface area (Å²) in [6.07, 6.45) is 4.16. The second-order valence-electron chi connectivity index (χ2n) is 3.49.